The molecule has 0 aliphatic heterocycles. The lowest BCUT2D eigenvalue weighted by Crippen LogP contribution is -2.02. The molecule has 90 valence electrons. The first-order chi connectivity index (χ1) is 7.76. The summed E-state index contributed by atoms with van der Waals surface area (Å²) < 4.78 is 10.6. The van der Waals surface area contributed by atoms with Crippen molar-refractivity contribution in [2.75, 3.05) is 27.0 Å². The number of thioether (sulfide) groups is 1. The van der Waals surface area contributed by atoms with Crippen molar-refractivity contribution < 1.29 is 9.47 Å². The predicted molar refractivity (Wildman–Crippen MR) is 68.7 cm³/mol. The molecule has 0 bridgehead atoms. The Hall–Kier alpha value is -0.870. The van der Waals surface area contributed by atoms with E-state index in [4.69, 9.17) is 15.2 Å². The lowest BCUT2D eigenvalue weighted by atomic mass is 10.1. The molecule has 0 aliphatic carbocycles. The molecule has 0 saturated heterocycles. The van der Waals surface area contributed by atoms with Gasteiger partial charge in [-0.1, -0.05) is 0 Å². The summed E-state index contributed by atoms with van der Waals surface area (Å²) in [5.74, 6) is 1.57. The molecule has 0 aromatic heterocycles. The first-order valence-corrected chi connectivity index (χ1v) is 6.48. The fourth-order valence-corrected chi connectivity index (χ4v) is 2.23. The van der Waals surface area contributed by atoms with Crippen LogP contribution in [0.1, 0.15) is 12.0 Å². The minimum absolute atomic E-state index is 0.710. The monoisotopic (exact) mass is 241 g/mol. The number of methoxy groups -OCH3 is 2. The summed E-state index contributed by atoms with van der Waals surface area (Å²) in [5, 5.41) is 0. The van der Waals surface area contributed by atoms with Crippen LogP contribution >= 0.6 is 11.8 Å². The van der Waals surface area contributed by atoms with Crippen molar-refractivity contribution in [3.63, 3.8) is 0 Å². The molecule has 0 aliphatic rings. The molecule has 1 aromatic carbocycles. The average molecular weight is 241 g/mol. The van der Waals surface area contributed by atoms with Gasteiger partial charge < -0.3 is 15.2 Å². The number of aryl methyl sites for hydroxylation is 1. The quantitative estimate of drug-likeness (QED) is 0.776. The van der Waals surface area contributed by atoms with Gasteiger partial charge in [0.05, 0.1) is 14.2 Å². The van der Waals surface area contributed by atoms with Gasteiger partial charge in [-0.3, -0.25) is 0 Å². The Bertz CT molecular complexity index is 342. The third-order valence-corrected chi connectivity index (χ3v) is 3.26. The molecule has 4 heteroatoms. The SMILES string of the molecule is COc1cc(CCCN)c(SC)cc1OC. The van der Waals surface area contributed by atoms with Crippen molar-refractivity contribution in [1.29, 1.82) is 0 Å². The number of ether oxygens (including phenoxy) is 2. The van der Waals surface area contributed by atoms with Gasteiger partial charge in [0.15, 0.2) is 11.5 Å². The van der Waals surface area contributed by atoms with Crippen LogP contribution in [0.4, 0.5) is 0 Å². The Labute approximate surface area is 101 Å². The van der Waals surface area contributed by atoms with Gasteiger partial charge in [0, 0.05) is 4.90 Å². The molecule has 1 rings (SSSR count). The van der Waals surface area contributed by atoms with Gasteiger partial charge in [0.2, 0.25) is 0 Å². The molecule has 16 heavy (non-hydrogen) atoms. The standard InChI is InChI=1S/C12H19NO2S/c1-14-10-7-9(5-4-6-13)12(16-3)8-11(10)15-2/h7-8H,4-6,13H2,1-3H3. The second-order valence-electron chi connectivity index (χ2n) is 3.41. The fourth-order valence-electron chi connectivity index (χ4n) is 1.58. The van der Waals surface area contributed by atoms with Crippen LogP contribution in [-0.4, -0.2) is 27.0 Å². The van der Waals surface area contributed by atoms with Crippen molar-refractivity contribution in [2.24, 2.45) is 5.73 Å². The van der Waals surface area contributed by atoms with Crippen LogP contribution in [0.5, 0.6) is 11.5 Å². The van der Waals surface area contributed by atoms with E-state index in [0.717, 1.165) is 24.3 Å². The van der Waals surface area contributed by atoms with Crippen LogP contribution < -0.4 is 15.2 Å². The molecule has 0 heterocycles. The molecular weight excluding hydrogens is 222 g/mol. The average Bonchev–Trinajstić information content (AvgIpc) is 2.35. The fraction of sp³-hybridized carbons (Fsp3) is 0.500. The molecule has 3 nitrogen and oxygen atoms in total. The van der Waals surface area contributed by atoms with E-state index in [-0.39, 0.29) is 0 Å². The van der Waals surface area contributed by atoms with E-state index in [9.17, 15) is 0 Å². The van der Waals surface area contributed by atoms with Crippen molar-refractivity contribution in [2.45, 2.75) is 17.7 Å². The highest BCUT2D eigenvalue weighted by Gasteiger charge is 2.10. The van der Waals surface area contributed by atoms with Gasteiger partial charge in [0.25, 0.3) is 0 Å². The highest BCUT2D eigenvalue weighted by molar-refractivity contribution is 7.98. The van der Waals surface area contributed by atoms with E-state index in [0.29, 0.717) is 6.54 Å². The summed E-state index contributed by atoms with van der Waals surface area (Å²) in [4.78, 5) is 1.23. The molecule has 0 fully saturated rings. The number of benzene rings is 1. The van der Waals surface area contributed by atoms with E-state index in [1.807, 2.05) is 12.1 Å². The van der Waals surface area contributed by atoms with Crippen LogP contribution in [0.15, 0.2) is 17.0 Å². The number of hydrogen-bond acceptors (Lipinski definition) is 4. The summed E-state index contributed by atoms with van der Waals surface area (Å²) in [7, 11) is 3.31. The Kier molecular flexibility index (Phi) is 5.49. The molecule has 0 atom stereocenters. The van der Waals surface area contributed by atoms with Crippen molar-refractivity contribution in [1.82, 2.24) is 0 Å². The molecule has 0 unspecified atom stereocenters. The number of hydrogen-bond donors (Lipinski definition) is 1. The Balaban J connectivity index is 3.05. The molecule has 1 aromatic rings. The summed E-state index contributed by atoms with van der Waals surface area (Å²) in [6.07, 6.45) is 4.03. The summed E-state index contributed by atoms with van der Waals surface area (Å²) in [5.41, 5.74) is 6.81. The second kappa shape index (κ2) is 6.66. The molecule has 2 N–H and O–H groups in total. The summed E-state index contributed by atoms with van der Waals surface area (Å²) >= 11 is 1.72. The largest absolute Gasteiger partial charge is 0.493 e. The molecular formula is C12H19NO2S. The van der Waals surface area contributed by atoms with E-state index in [1.165, 1.54) is 10.5 Å². The van der Waals surface area contributed by atoms with Gasteiger partial charge in [-0.2, -0.15) is 0 Å². The van der Waals surface area contributed by atoms with E-state index < -0.39 is 0 Å². The first-order valence-electron chi connectivity index (χ1n) is 5.25. The smallest absolute Gasteiger partial charge is 0.161 e. The highest BCUT2D eigenvalue weighted by Crippen LogP contribution is 2.34. The zero-order valence-corrected chi connectivity index (χ0v) is 10.9. The topological polar surface area (TPSA) is 44.5 Å². The van der Waals surface area contributed by atoms with E-state index >= 15 is 0 Å². The third kappa shape index (κ3) is 3.06. The maximum atomic E-state index is 5.53. The molecule has 0 radical (unpaired) electrons. The minimum atomic E-state index is 0.710. The highest BCUT2D eigenvalue weighted by atomic mass is 32.2. The van der Waals surface area contributed by atoms with Crippen LogP contribution in [0.3, 0.4) is 0 Å². The van der Waals surface area contributed by atoms with Crippen molar-refractivity contribution in [3.05, 3.63) is 17.7 Å². The summed E-state index contributed by atoms with van der Waals surface area (Å²) in [6, 6.07) is 4.07. The normalized spacial score (nSPS) is 10.2. The zero-order valence-electron chi connectivity index (χ0n) is 10.1. The Morgan fingerprint density at radius 1 is 1.19 bits per heavy atom. The lowest BCUT2D eigenvalue weighted by Gasteiger charge is -2.13. The van der Waals surface area contributed by atoms with Crippen LogP contribution in [0.25, 0.3) is 0 Å². The number of nitrogens with two attached hydrogens (primary N) is 1. The van der Waals surface area contributed by atoms with Crippen molar-refractivity contribution >= 4 is 11.8 Å². The Morgan fingerprint density at radius 2 is 1.81 bits per heavy atom. The molecule has 0 saturated carbocycles. The second-order valence-corrected chi connectivity index (χ2v) is 4.26. The Morgan fingerprint density at radius 3 is 2.31 bits per heavy atom. The minimum Gasteiger partial charge on any atom is -0.493 e. The molecule has 0 amide bonds. The maximum absolute atomic E-state index is 5.53. The van der Waals surface area contributed by atoms with Gasteiger partial charge >= 0.3 is 0 Å². The van der Waals surface area contributed by atoms with Crippen LogP contribution in [0.2, 0.25) is 0 Å². The van der Waals surface area contributed by atoms with Gasteiger partial charge in [-0.25, -0.2) is 0 Å². The van der Waals surface area contributed by atoms with Gasteiger partial charge in [-0.15, -0.1) is 11.8 Å². The number of rotatable bonds is 6. The van der Waals surface area contributed by atoms with E-state index in [2.05, 4.69) is 6.26 Å². The maximum Gasteiger partial charge on any atom is 0.161 e. The van der Waals surface area contributed by atoms with Crippen LogP contribution in [0, 0.1) is 0 Å². The lowest BCUT2D eigenvalue weighted by molar-refractivity contribution is 0.353. The van der Waals surface area contributed by atoms with E-state index in [1.54, 1.807) is 26.0 Å². The predicted octanol–water partition coefficient (Wildman–Crippen LogP) is 2.32. The summed E-state index contributed by atoms with van der Waals surface area (Å²) in [6.45, 7) is 0.710. The van der Waals surface area contributed by atoms with Crippen LogP contribution in [-0.2, 0) is 6.42 Å². The third-order valence-electron chi connectivity index (χ3n) is 2.44. The molecule has 0 spiro atoms. The first kappa shape index (κ1) is 13.2. The van der Waals surface area contributed by atoms with Crippen molar-refractivity contribution in [3.8, 4) is 11.5 Å². The zero-order chi connectivity index (χ0) is 12.0. The van der Waals surface area contributed by atoms with Gasteiger partial charge in [-0.05, 0) is 43.3 Å². The van der Waals surface area contributed by atoms with Gasteiger partial charge in [0.1, 0.15) is 0 Å².